The van der Waals surface area contributed by atoms with Crippen LogP contribution in [0.2, 0.25) is 0 Å². The Labute approximate surface area is 82.8 Å². The van der Waals surface area contributed by atoms with Crippen LogP contribution < -0.4 is 5.32 Å². The van der Waals surface area contributed by atoms with Gasteiger partial charge in [0.25, 0.3) is 0 Å². The van der Waals surface area contributed by atoms with E-state index in [1.807, 2.05) is 6.92 Å². The molecule has 1 aliphatic heterocycles. The van der Waals surface area contributed by atoms with Gasteiger partial charge in [-0.05, 0) is 13.3 Å². The van der Waals surface area contributed by atoms with E-state index in [0.717, 1.165) is 0 Å². The second-order valence-electron chi connectivity index (χ2n) is 3.12. The van der Waals surface area contributed by atoms with Crippen LogP contribution in [0.25, 0.3) is 0 Å². The van der Waals surface area contributed by atoms with Gasteiger partial charge in [-0.1, -0.05) is 6.92 Å². The Bertz CT molecular complexity index is 229. The highest BCUT2D eigenvalue weighted by Crippen LogP contribution is 2.15. The molecule has 80 valence electrons. The van der Waals surface area contributed by atoms with Gasteiger partial charge in [-0.2, -0.15) is 0 Å². The van der Waals surface area contributed by atoms with Gasteiger partial charge in [-0.3, -0.25) is 4.79 Å². The third kappa shape index (κ3) is 2.37. The Morgan fingerprint density at radius 3 is 2.86 bits per heavy atom. The molecule has 1 aliphatic rings. The van der Waals surface area contributed by atoms with Crippen molar-refractivity contribution in [2.24, 2.45) is 5.92 Å². The largest absolute Gasteiger partial charge is 0.466 e. The van der Waals surface area contributed by atoms with E-state index in [4.69, 9.17) is 9.47 Å². The number of hydrogen-bond donors (Lipinski definition) is 1. The third-order valence-electron chi connectivity index (χ3n) is 2.21. The molecule has 0 aromatic carbocycles. The van der Waals surface area contributed by atoms with Gasteiger partial charge in [0.15, 0.2) is 0 Å². The molecule has 1 fully saturated rings. The molecule has 0 saturated carbocycles. The summed E-state index contributed by atoms with van der Waals surface area (Å²) in [6.07, 6.45) is 0.172. The molecule has 2 atom stereocenters. The summed E-state index contributed by atoms with van der Waals surface area (Å²) in [5.74, 6) is -0.577. The summed E-state index contributed by atoms with van der Waals surface area (Å²) in [4.78, 5) is 22.2. The lowest BCUT2D eigenvalue weighted by atomic mass is 9.98. The lowest BCUT2D eigenvalue weighted by Gasteiger charge is -2.17. The van der Waals surface area contributed by atoms with E-state index >= 15 is 0 Å². The van der Waals surface area contributed by atoms with E-state index < -0.39 is 6.09 Å². The van der Waals surface area contributed by atoms with E-state index in [0.29, 0.717) is 13.0 Å². The molecule has 5 heteroatoms. The number of hydrogen-bond acceptors (Lipinski definition) is 4. The lowest BCUT2D eigenvalue weighted by Crippen LogP contribution is -2.39. The van der Waals surface area contributed by atoms with Crippen molar-refractivity contribution in [3.05, 3.63) is 0 Å². The van der Waals surface area contributed by atoms with Crippen LogP contribution in [0.5, 0.6) is 0 Å². The van der Waals surface area contributed by atoms with Crippen LogP contribution in [-0.2, 0) is 14.3 Å². The molecular formula is C9H15NO4. The van der Waals surface area contributed by atoms with Crippen molar-refractivity contribution >= 4 is 12.1 Å². The van der Waals surface area contributed by atoms with Gasteiger partial charge >= 0.3 is 12.1 Å². The Balaban J connectivity index is 2.53. The molecule has 1 N–H and O–H groups in total. The van der Waals surface area contributed by atoms with Crippen molar-refractivity contribution in [1.29, 1.82) is 0 Å². The summed E-state index contributed by atoms with van der Waals surface area (Å²) in [5, 5.41) is 2.58. The molecule has 0 aromatic heterocycles. The molecule has 1 amide bonds. The Kier molecular flexibility index (Phi) is 3.73. The van der Waals surface area contributed by atoms with E-state index in [-0.39, 0.29) is 24.5 Å². The second kappa shape index (κ2) is 4.83. The second-order valence-corrected chi connectivity index (χ2v) is 3.12. The third-order valence-corrected chi connectivity index (χ3v) is 2.21. The van der Waals surface area contributed by atoms with Crippen molar-refractivity contribution in [3.63, 3.8) is 0 Å². The topological polar surface area (TPSA) is 64.6 Å². The summed E-state index contributed by atoms with van der Waals surface area (Å²) in [5.41, 5.74) is 0. The highest BCUT2D eigenvalue weighted by atomic mass is 16.6. The number of carbonyl (C=O) groups excluding carboxylic acids is 2. The van der Waals surface area contributed by atoms with Crippen molar-refractivity contribution < 1.29 is 19.1 Å². The molecule has 0 aliphatic carbocycles. The number of ether oxygens (including phenoxy) is 2. The van der Waals surface area contributed by atoms with Crippen LogP contribution >= 0.6 is 0 Å². The normalized spacial score (nSPS) is 22.4. The van der Waals surface area contributed by atoms with Gasteiger partial charge in [-0.25, -0.2) is 4.79 Å². The molecule has 5 nitrogen and oxygen atoms in total. The molecule has 1 heterocycles. The molecule has 0 bridgehead atoms. The zero-order valence-electron chi connectivity index (χ0n) is 8.41. The Hall–Kier alpha value is -1.26. The molecule has 0 unspecified atom stereocenters. The Morgan fingerprint density at radius 1 is 1.71 bits per heavy atom. The zero-order valence-corrected chi connectivity index (χ0v) is 8.41. The first-order chi connectivity index (χ1) is 6.69. The maximum Gasteiger partial charge on any atom is 0.407 e. The van der Waals surface area contributed by atoms with Crippen molar-refractivity contribution in [2.75, 3.05) is 13.2 Å². The first kappa shape index (κ1) is 10.8. The fraction of sp³-hybridized carbons (Fsp3) is 0.778. The summed E-state index contributed by atoms with van der Waals surface area (Å²) in [6.45, 7) is 4.24. The van der Waals surface area contributed by atoms with Crippen LogP contribution in [0, 0.1) is 5.92 Å². The molecule has 0 radical (unpaired) electrons. The summed E-state index contributed by atoms with van der Waals surface area (Å²) in [6, 6.07) is -0.244. The molecule has 1 rings (SSSR count). The number of rotatable bonds is 4. The number of cyclic esters (lactones) is 1. The average Bonchev–Trinajstić information content (AvgIpc) is 2.54. The van der Waals surface area contributed by atoms with Crippen molar-refractivity contribution in [3.8, 4) is 0 Å². The van der Waals surface area contributed by atoms with Crippen LogP contribution in [0.15, 0.2) is 0 Å². The van der Waals surface area contributed by atoms with Crippen LogP contribution in [0.4, 0.5) is 4.79 Å². The SMILES string of the molecule is CCOC(=O)[C@@H](CC)[C@H]1COC(=O)N1. The van der Waals surface area contributed by atoms with E-state index in [1.54, 1.807) is 6.92 Å². The number of carbonyl (C=O) groups is 2. The lowest BCUT2D eigenvalue weighted by molar-refractivity contribution is -0.149. The maximum atomic E-state index is 11.4. The minimum absolute atomic E-state index is 0.244. The monoisotopic (exact) mass is 201 g/mol. The number of esters is 1. The van der Waals surface area contributed by atoms with Crippen LogP contribution in [0.3, 0.4) is 0 Å². The number of amides is 1. The van der Waals surface area contributed by atoms with E-state index in [2.05, 4.69) is 5.32 Å². The zero-order chi connectivity index (χ0) is 10.6. The molecule has 0 spiro atoms. The van der Waals surface area contributed by atoms with E-state index in [9.17, 15) is 9.59 Å². The maximum absolute atomic E-state index is 11.4. The summed E-state index contributed by atoms with van der Waals surface area (Å²) >= 11 is 0. The average molecular weight is 201 g/mol. The Morgan fingerprint density at radius 2 is 2.43 bits per heavy atom. The minimum Gasteiger partial charge on any atom is -0.466 e. The first-order valence-electron chi connectivity index (χ1n) is 4.79. The van der Waals surface area contributed by atoms with Crippen molar-refractivity contribution in [2.45, 2.75) is 26.3 Å². The predicted octanol–water partition coefficient (Wildman–Crippen LogP) is 0.684. The fourth-order valence-electron chi connectivity index (χ4n) is 1.48. The predicted molar refractivity (Wildman–Crippen MR) is 48.7 cm³/mol. The van der Waals surface area contributed by atoms with Crippen molar-refractivity contribution in [1.82, 2.24) is 5.32 Å². The van der Waals surface area contributed by atoms with E-state index in [1.165, 1.54) is 0 Å². The number of nitrogens with one attached hydrogen (secondary N) is 1. The molecule has 14 heavy (non-hydrogen) atoms. The van der Waals surface area contributed by atoms with Gasteiger partial charge in [-0.15, -0.1) is 0 Å². The molecular weight excluding hydrogens is 186 g/mol. The summed E-state index contributed by atoms with van der Waals surface area (Å²) in [7, 11) is 0. The van der Waals surface area contributed by atoms with Gasteiger partial charge < -0.3 is 14.8 Å². The smallest absolute Gasteiger partial charge is 0.407 e. The van der Waals surface area contributed by atoms with Gasteiger partial charge in [0, 0.05) is 0 Å². The first-order valence-corrected chi connectivity index (χ1v) is 4.79. The van der Waals surface area contributed by atoms with Crippen LogP contribution in [-0.4, -0.2) is 31.3 Å². The van der Waals surface area contributed by atoms with Gasteiger partial charge in [0.1, 0.15) is 6.61 Å². The van der Waals surface area contributed by atoms with Gasteiger partial charge in [0.2, 0.25) is 0 Å². The van der Waals surface area contributed by atoms with Crippen LogP contribution in [0.1, 0.15) is 20.3 Å². The van der Waals surface area contributed by atoms with Gasteiger partial charge in [0.05, 0.1) is 18.6 Å². The number of alkyl carbamates (subject to hydrolysis) is 1. The standard InChI is InChI=1S/C9H15NO4/c1-3-6(8(11)13-4-2)7-5-14-9(12)10-7/h6-7H,3-5H2,1-2H3,(H,10,12)/t6-,7+/m0/s1. The molecule has 0 aromatic rings. The quantitative estimate of drug-likeness (QED) is 0.679. The summed E-state index contributed by atoms with van der Waals surface area (Å²) < 4.78 is 9.62. The minimum atomic E-state index is -0.460. The highest BCUT2D eigenvalue weighted by molar-refractivity contribution is 5.76. The molecule has 1 saturated heterocycles. The fourth-order valence-corrected chi connectivity index (χ4v) is 1.48. The highest BCUT2D eigenvalue weighted by Gasteiger charge is 2.34.